The summed E-state index contributed by atoms with van der Waals surface area (Å²) in [6.07, 6.45) is 1.62. The third kappa shape index (κ3) is 3.88. The number of nitrogens with zero attached hydrogens (tertiary/aromatic N) is 1. The van der Waals surface area contributed by atoms with E-state index in [0.29, 0.717) is 18.9 Å². The number of carbonyl (C=O) groups excluding carboxylic acids is 1. The highest BCUT2D eigenvalue weighted by Gasteiger charge is 2.26. The van der Waals surface area contributed by atoms with E-state index in [-0.39, 0.29) is 17.6 Å². The smallest absolute Gasteiger partial charge is 0.309 e. The number of para-hydroxylation sites is 1. The summed E-state index contributed by atoms with van der Waals surface area (Å²) < 4.78 is 10.2. The first-order valence-corrected chi connectivity index (χ1v) is 7.39. The average molecular weight is 293 g/mol. The molecule has 5 nitrogen and oxygen atoms in total. The molecule has 0 aromatic heterocycles. The summed E-state index contributed by atoms with van der Waals surface area (Å²) in [7, 11) is 1.55. The third-order valence-electron chi connectivity index (χ3n) is 3.90. The van der Waals surface area contributed by atoms with Crippen LogP contribution >= 0.6 is 0 Å². The number of aromatic hydroxyl groups is 1. The van der Waals surface area contributed by atoms with Gasteiger partial charge < -0.3 is 14.6 Å². The van der Waals surface area contributed by atoms with Gasteiger partial charge in [0.05, 0.1) is 19.6 Å². The van der Waals surface area contributed by atoms with Crippen LogP contribution in [0.4, 0.5) is 0 Å². The second kappa shape index (κ2) is 7.31. The minimum atomic E-state index is -0.0821. The summed E-state index contributed by atoms with van der Waals surface area (Å²) in [6, 6.07) is 5.51. The van der Waals surface area contributed by atoms with Gasteiger partial charge in [0.1, 0.15) is 0 Å². The summed E-state index contributed by atoms with van der Waals surface area (Å²) >= 11 is 0. The lowest BCUT2D eigenvalue weighted by Gasteiger charge is -2.31. The molecule has 1 aromatic rings. The van der Waals surface area contributed by atoms with Crippen LogP contribution in [0, 0.1) is 5.92 Å². The van der Waals surface area contributed by atoms with Crippen molar-refractivity contribution in [1.29, 1.82) is 0 Å². The second-order valence-electron chi connectivity index (χ2n) is 5.27. The van der Waals surface area contributed by atoms with Crippen LogP contribution in [0.5, 0.6) is 11.5 Å². The van der Waals surface area contributed by atoms with Crippen LogP contribution in [0.3, 0.4) is 0 Å². The number of hydrogen-bond donors (Lipinski definition) is 1. The fraction of sp³-hybridized carbons (Fsp3) is 0.562. The summed E-state index contributed by atoms with van der Waals surface area (Å²) in [6.45, 7) is 4.61. The standard InChI is InChI=1S/C16H23NO4/c1-3-21-16(19)12-7-9-17(10-8-12)11-13-5-4-6-14(20-2)15(13)18/h4-6,12,18H,3,7-11H2,1-2H3. The molecule has 0 unspecified atom stereocenters. The van der Waals surface area contributed by atoms with Gasteiger partial charge in [-0.1, -0.05) is 12.1 Å². The van der Waals surface area contributed by atoms with Crippen molar-refractivity contribution in [2.75, 3.05) is 26.8 Å². The van der Waals surface area contributed by atoms with Gasteiger partial charge in [-0.25, -0.2) is 0 Å². The van der Waals surface area contributed by atoms with Gasteiger partial charge in [0, 0.05) is 12.1 Å². The van der Waals surface area contributed by atoms with Crippen molar-refractivity contribution in [2.24, 2.45) is 5.92 Å². The van der Waals surface area contributed by atoms with Crippen molar-refractivity contribution in [3.63, 3.8) is 0 Å². The molecular weight excluding hydrogens is 270 g/mol. The molecule has 1 fully saturated rings. The minimum Gasteiger partial charge on any atom is -0.504 e. The molecule has 1 aromatic carbocycles. The predicted octanol–water partition coefficient (Wildman–Crippen LogP) is 2.18. The average Bonchev–Trinajstić information content (AvgIpc) is 2.50. The SMILES string of the molecule is CCOC(=O)C1CCN(Cc2cccc(OC)c2O)CC1. The molecule has 1 heterocycles. The second-order valence-corrected chi connectivity index (χ2v) is 5.27. The van der Waals surface area contributed by atoms with Crippen molar-refractivity contribution in [3.05, 3.63) is 23.8 Å². The van der Waals surface area contributed by atoms with E-state index in [1.54, 1.807) is 13.2 Å². The Morgan fingerprint density at radius 1 is 1.38 bits per heavy atom. The number of benzene rings is 1. The molecule has 0 radical (unpaired) electrons. The Hall–Kier alpha value is -1.75. The Morgan fingerprint density at radius 2 is 2.10 bits per heavy atom. The van der Waals surface area contributed by atoms with Gasteiger partial charge >= 0.3 is 5.97 Å². The zero-order valence-electron chi connectivity index (χ0n) is 12.7. The van der Waals surface area contributed by atoms with Gasteiger partial charge in [0.2, 0.25) is 0 Å². The molecule has 1 aliphatic heterocycles. The topological polar surface area (TPSA) is 59.0 Å². The van der Waals surface area contributed by atoms with Crippen LogP contribution in [-0.2, 0) is 16.1 Å². The van der Waals surface area contributed by atoms with Crippen LogP contribution < -0.4 is 4.74 Å². The van der Waals surface area contributed by atoms with E-state index in [4.69, 9.17) is 9.47 Å². The molecule has 0 bridgehead atoms. The highest BCUT2D eigenvalue weighted by Crippen LogP contribution is 2.31. The monoisotopic (exact) mass is 293 g/mol. The third-order valence-corrected chi connectivity index (χ3v) is 3.90. The number of phenolic OH excluding ortho intramolecular Hbond substituents is 1. The van der Waals surface area contributed by atoms with Gasteiger partial charge in [0.25, 0.3) is 0 Å². The molecule has 1 saturated heterocycles. The highest BCUT2D eigenvalue weighted by molar-refractivity contribution is 5.72. The van der Waals surface area contributed by atoms with Gasteiger partial charge in [-0.15, -0.1) is 0 Å². The van der Waals surface area contributed by atoms with Crippen LogP contribution in [0.25, 0.3) is 0 Å². The number of hydrogen-bond acceptors (Lipinski definition) is 5. The number of ether oxygens (including phenoxy) is 2. The largest absolute Gasteiger partial charge is 0.504 e. The summed E-state index contributed by atoms with van der Waals surface area (Å²) in [5, 5.41) is 10.1. The van der Waals surface area contributed by atoms with Crippen molar-refractivity contribution in [2.45, 2.75) is 26.3 Å². The normalized spacial score (nSPS) is 16.7. The van der Waals surface area contributed by atoms with Crippen LogP contribution in [0.1, 0.15) is 25.3 Å². The molecular formula is C16H23NO4. The lowest BCUT2D eigenvalue weighted by Crippen LogP contribution is -2.36. The van der Waals surface area contributed by atoms with Gasteiger partial charge in [-0.2, -0.15) is 0 Å². The Balaban J connectivity index is 1.90. The van der Waals surface area contributed by atoms with Crippen LogP contribution in [-0.4, -0.2) is 42.8 Å². The van der Waals surface area contributed by atoms with E-state index in [1.165, 1.54) is 0 Å². The van der Waals surface area contributed by atoms with E-state index < -0.39 is 0 Å². The number of rotatable bonds is 5. The highest BCUT2D eigenvalue weighted by atomic mass is 16.5. The molecule has 0 spiro atoms. The first-order chi connectivity index (χ1) is 10.2. The Bertz CT molecular complexity index is 481. The Kier molecular flexibility index (Phi) is 5.44. The number of phenols is 1. The molecule has 1 aliphatic rings. The van der Waals surface area contributed by atoms with Gasteiger partial charge in [-0.3, -0.25) is 9.69 Å². The first kappa shape index (κ1) is 15.6. The maximum absolute atomic E-state index is 11.7. The first-order valence-electron chi connectivity index (χ1n) is 7.39. The van der Waals surface area contributed by atoms with Gasteiger partial charge in [0.15, 0.2) is 11.5 Å². The summed E-state index contributed by atoms with van der Waals surface area (Å²) in [5.74, 6) is 0.628. The minimum absolute atomic E-state index is 0.0140. The Morgan fingerprint density at radius 3 is 2.71 bits per heavy atom. The fourth-order valence-corrected chi connectivity index (χ4v) is 2.69. The molecule has 1 N–H and O–H groups in total. The van der Waals surface area contributed by atoms with Crippen molar-refractivity contribution in [1.82, 2.24) is 4.90 Å². The zero-order valence-corrected chi connectivity index (χ0v) is 12.7. The molecule has 2 rings (SSSR count). The summed E-state index contributed by atoms with van der Waals surface area (Å²) in [4.78, 5) is 13.9. The number of piperidine rings is 1. The van der Waals surface area contributed by atoms with Crippen molar-refractivity contribution < 1.29 is 19.4 Å². The summed E-state index contributed by atoms with van der Waals surface area (Å²) in [5.41, 5.74) is 0.851. The number of likely N-dealkylation sites (tertiary alicyclic amines) is 1. The van der Waals surface area contributed by atoms with Crippen molar-refractivity contribution in [3.8, 4) is 11.5 Å². The van der Waals surface area contributed by atoms with E-state index in [0.717, 1.165) is 31.5 Å². The van der Waals surface area contributed by atoms with Crippen LogP contribution in [0.15, 0.2) is 18.2 Å². The van der Waals surface area contributed by atoms with E-state index in [2.05, 4.69) is 4.90 Å². The van der Waals surface area contributed by atoms with Crippen LogP contribution in [0.2, 0.25) is 0 Å². The van der Waals surface area contributed by atoms with Crippen molar-refractivity contribution >= 4 is 5.97 Å². The van der Waals surface area contributed by atoms with E-state index in [1.807, 2.05) is 19.1 Å². The van der Waals surface area contributed by atoms with E-state index in [9.17, 15) is 9.90 Å². The number of methoxy groups -OCH3 is 1. The molecule has 21 heavy (non-hydrogen) atoms. The maximum Gasteiger partial charge on any atom is 0.309 e. The lowest BCUT2D eigenvalue weighted by molar-refractivity contribution is -0.149. The quantitative estimate of drug-likeness (QED) is 0.843. The Labute approximate surface area is 125 Å². The number of esters is 1. The molecule has 0 saturated carbocycles. The lowest BCUT2D eigenvalue weighted by atomic mass is 9.96. The van der Waals surface area contributed by atoms with Gasteiger partial charge in [-0.05, 0) is 38.9 Å². The molecule has 116 valence electrons. The van der Waals surface area contributed by atoms with E-state index >= 15 is 0 Å². The molecule has 5 heteroatoms. The fourth-order valence-electron chi connectivity index (χ4n) is 2.69. The maximum atomic E-state index is 11.7. The number of carbonyl (C=O) groups is 1. The zero-order chi connectivity index (χ0) is 15.2. The molecule has 0 aliphatic carbocycles. The molecule has 0 amide bonds. The predicted molar refractivity (Wildman–Crippen MR) is 79.3 cm³/mol. The molecule has 0 atom stereocenters.